The Hall–Kier alpha value is -1.81. The molecule has 1 N–H and O–H groups in total. The number of halogens is 1. The third-order valence-corrected chi connectivity index (χ3v) is 5.09. The summed E-state index contributed by atoms with van der Waals surface area (Å²) in [6, 6.07) is 5.26. The molecule has 4 nitrogen and oxygen atoms in total. The molecule has 0 bridgehead atoms. The molecule has 23 heavy (non-hydrogen) atoms. The molecule has 1 saturated carbocycles. The highest BCUT2D eigenvalue weighted by molar-refractivity contribution is 6.31. The van der Waals surface area contributed by atoms with Crippen LogP contribution in [0.15, 0.2) is 24.4 Å². The Balaban J connectivity index is 2.09. The summed E-state index contributed by atoms with van der Waals surface area (Å²) in [6.07, 6.45) is 6.85. The maximum atomic E-state index is 11.9. The molecule has 0 amide bonds. The summed E-state index contributed by atoms with van der Waals surface area (Å²) in [5.74, 6) is -1.11. The van der Waals surface area contributed by atoms with Gasteiger partial charge in [-0.3, -0.25) is 14.2 Å². The van der Waals surface area contributed by atoms with E-state index in [9.17, 15) is 14.7 Å². The predicted octanol–water partition coefficient (Wildman–Crippen LogP) is 4.70. The SMILES string of the molecule is CC(=O)n1cc(C(CC2CCCC2)C(=O)O)c2cc(Cl)ccc21. The largest absolute Gasteiger partial charge is 0.481 e. The van der Waals surface area contributed by atoms with Gasteiger partial charge in [0, 0.05) is 23.5 Å². The van der Waals surface area contributed by atoms with Crippen molar-refractivity contribution in [2.45, 2.75) is 44.9 Å². The molecule has 1 aliphatic carbocycles. The van der Waals surface area contributed by atoms with Crippen LogP contribution >= 0.6 is 11.6 Å². The van der Waals surface area contributed by atoms with Gasteiger partial charge in [-0.2, -0.15) is 0 Å². The fourth-order valence-corrected chi connectivity index (χ4v) is 3.88. The first-order chi connectivity index (χ1) is 11.0. The zero-order chi connectivity index (χ0) is 16.6. The molecule has 1 fully saturated rings. The number of benzene rings is 1. The minimum Gasteiger partial charge on any atom is -0.481 e. The summed E-state index contributed by atoms with van der Waals surface area (Å²) in [4.78, 5) is 23.7. The van der Waals surface area contributed by atoms with E-state index in [1.807, 2.05) is 0 Å². The first kappa shape index (κ1) is 16.1. The van der Waals surface area contributed by atoms with Crippen LogP contribution in [0.5, 0.6) is 0 Å². The van der Waals surface area contributed by atoms with Gasteiger partial charge in [-0.15, -0.1) is 0 Å². The number of carbonyl (C=O) groups is 2. The molecule has 0 radical (unpaired) electrons. The normalized spacial score (nSPS) is 16.8. The Morgan fingerprint density at radius 1 is 1.35 bits per heavy atom. The lowest BCUT2D eigenvalue weighted by atomic mass is 9.88. The van der Waals surface area contributed by atoms with Crippen molar-refractivity contribution >= 4 is 34.4 Å². The second-order valence-electron chi connectivity index (χ2n) is 6.41. The number of nitrogens with zero attached hydrogens (tertiary/aromatic N) is 1. The molecule has 2 aromatic rings. The van der Waals surface area contributed by atoms with E-state index in [4.69, 9.17) is 11.6 Å². The van der Waals surface area contributed by atoms with Crippen LogP contribution in [0.4, 0.5) is 0 Å². The maximum absolute atomic E-state index is 11.9. The van der Waals surface area contributed by atoms with Gasteiger partial charge in [-0.25, -0.2) is 0 Å². The number of carbonyl (C=O) groups excluding carboxylic acids is 1. The van der Waals surface area contributed by atoms with E-state index in [1.54, 1.807) is 24.4 Å². The monoisotopic (exact) mass is 333 g/mol. The van der Waals surface area contributed by atoms with Crippen molar-refractivity contribution in [1.82, 2.24) is 4.57 Å². The van der Waals surface area contributed by atoms with Gasteiger partial charge in [0.15, 0.2) is 0 Å². The Morgan fingerprint density at radius 3 is 2.65 bits per heavy atom. The highest BCUT2D eigenvalue weighted by Gasteiger charge is 2.29. The molecule has 0 saturated heterocycles. The fourth-order valence-electron chi connectivity index (χ4n) is 3.71. The highest BCUT2D eigenvalue weighted by atomic mass is 35.5. The van der Waals surface area contributed by atoms with Gasteiger partial charge >= 0.3 is 5.97 Å². The van der Waals surface area contributed by atoms with E-state index in [0.717, 1.165) is 23.7 Å². The minimum atomic E-state index is -0.834. The Bertz CT molecular complexity index is 759. The molecule has 3 rings (SSSR count). The minimum absolute atomic E-state index is 0.131. The topological polar surface area (TPSA) is 59.3 Å². The van der Waals surface area contributed by atoms with E-state index in [1.165, 1.54) is 24.3 Å². The van der Waals surface area contributed by atoms with E-state index >= 15 is 0 Å². The number of fused-ring (bicyclic) bond motifs is 1. The lowest BCUT2D eigenvalue weighted by molar-refractivity contribution is -0.139. The Morgan fingerprint density at radius 2 is 2.04 bits per heavy atom. The summed E-state index contributed by atoms with van der Waals surface area (Å²) in [7, 11) is 0. The summed E-state index contributed by atoms with van der Waals surface area (Å²) in [5, 5.41) is 11.0. The van der Waals surface area contributed by atoms with Crippen molar-refractivity contribution in [3.63, 3.8) is 0 Å². The molecule has 0 aliphatic heterocycles. The third-order valence-electron chi connectivity index (χ3n) is 4.85. The Kier molecular flexibility index (Phi) is 4.44. The molecule has 1 aromatic heterocycles. The van der Waals surface area contributed by atoms with Crippen molar-refractivity contribution in [2.24, 2.45) is 5.92 Å². The molecule has 1 atom stereocenters. The lowest BCUT2D eigenvalue weighted by Gasteiger charge is -2.16. The van der Waals surface area contributed by atoms with Crippen molar-refractivity contribution in [2.75, 3.05) is 0 Å². The van der Waals surface area contributed by atoms with Crippen LogP contribution in [-0.4, -0.2) is 21.6 Å². The number of rotatable bonds is 4. The van der Waals surface area contributed by atoms with Crippen LogP contribution < -0.4 is 0 Å². The van der Waals surface area contributed by atoms with Gasteiger partial charge in [-0.05, 0) is 36.1 Å². The number of hydrogen-bond acceptors (Lipinski definition) is 2. The molecule has 1 aliphatic rings. The van der Waals surface area contributed by atoms with E-state index in [-0.39, 0.29) is 5.91 Å². The smallest absolute Gasteiger partial charge is 0.311 e. The van der Waals surface area contributed by atoms with Crippen LogP contribution in [0.2, 0.25) is 5.02 Å². The molecule has 0 spiro atoms. The van der Waals surface area contributed by atoms with Gasteiger partial charge in [-0.1, -0.05) is 37.3 Å². The summed E-state index contributed by atoms with van der Waals surface area (Å²) >= 11 is 6.09. The number of carboxylic acids is 1. The molecule has 1 unspecified atom stereocenters. The van der Waals surface area contributed by atoms with Gasteiger partial charge in [0.05, 0.1) is 11.4 Å². The van der Waals surface area contributed by atoms with Gasteiger partial charge in [0.2, 0.25) is 5.91 Å². The van der Waals surface area contributed by atoms with E-state index in [0.29, 0.717) is 22.9 Å². The number of aliphatic carboxylic acids is 1. The average Bonchev–Trinajstić information content (AvgIpc) is 3.11. The molecule has 1 heterocycles. The second-order valence-corrected chi connectivity index (χ2v) is 6.85. The average molecular weight is 334 g/mol. The summed E-state index contributed by atoms with van der Waals surface area (Å²) in [5.41, 5.74) is 1.41. The highest BCUT2D eigenvalue weighted by Crippen LogP contribution is 2.38. The van der Waals surface area contributed by atoms with Crippen LogP contribution in [0, 0.1) is 5.92 Å². The van der Waals surface area contributed by atoms with E-state index < -0.39 is 11.9 Å². The fraction of sp³-hybridized carbons (Fsp3) is 0.444. The summed E-state index contributed by atoms with van der Waals surface area (Å²) < 4.78 is 1.52. The van der Waals surface area contributed by atoms with Crippen LogP contribution in [-0.2, 0) is 4.79 Å². The first-order valence-corrected chi connectivity index (χ1v) is 8.39. The van der Waals surface area contributed by atoms with Gasteiger partial charge in [0.1, 0.15) is 0 Å². The van der Waals surface area contributed by atoms with Gasteiger partial charge in [0.25, 0.3) is 0 Å². The van der Waals surface area contributed by atoms with E-state index in [2.05, 4.69) is 0 Å². The quantitative estimate of drug-likeness (QED) is 0.882. The van der Waals surface area contributed by atoms with Crippen LogP contribution in [0.1, 0.15) is 55.3 Å². The van der Waals surface area contributed by atoms with Gasteiger partial charge < -0.3 is 5.11 Å². The molecule has 1 aromatic carbocycles. The number of hydrogen-bond donors (Lipinski definition) is 1. The molecular weight excluding hydrogens is 314 g/mol. The van der Waals surface area contributed by atoms with Crippen molar-refractivity contribution in [3.8, 4) is 0 Å². The standard InChI is InChI=1S/C18H20ClNO3/c1-11(21)20-10-16(14-9-13(19)6-7-17(14)20)15(18(22)23)8-12-4-2-3-5-12/h6-7,9-10,12,15H,2-5,8H2,1H3,(H,22,23). The third kappa shape index (κ3) is 3.13. The number of carboxylic acid groups (broad SMARTS) is 1. The lowest BCUT2D eigenvalue weighted by Crippen LogP contribution is -2.15. The maximum Gasteiger partial charge on any atom is 0.311 e. The second kappa shape index (κ2) is 6.36. The van der Waals surface area contributed by atoms with Crippen LogP contribution in [0.3, 0.4) is 0 Å². The molecular formula is C18H20ClNO3. The van der Waals surface area contributed by atoms with Crippen molar-refractivity contribution in [1.29, 1.82) is 0 Å². The summed E-state index contributed by atoms with van der Waals surface area (Å²) in [6.45, 7) is 1.48. The Labute approximate surface area is 140 Å². The zero-order valence-electron chi connectivity index (χ0n) is 13.1. The molecule has 5 heteroatoms. The zero-order valence-corrected chi connectivity index (χ0v) is 13.8. The van der Waals surface area contributed by atoms with Crippen molar-refractivity contribution in [3.05, 3.63) is 35.0 Å². The first-order valence-electron chi connectivity index (χ1n) is 8.01. The van der Waals surface area contributed by atoms with Crippen molar-refractivity contribution < 1.29 is 14.7 Å². The number of aromatic nitrogens is 1. The molecule has 122 valence electrons. The predicted molar refractivity (Wildman–Crippen MR) is 90.2 cm³/mol. The van der Waals surface area contributed by atoms with Crippen LogP contribution in [0.25, 0.3) is 10.9 Å².